The number of nitrogens with one attached hydrogen (secondary N) is 1. The molecular weight excluding hydrogens is 190 g/mol. The molecule has 1 heterocycles. The normalized spacial score (nSPS) is 26.5. The van der Waals surface area contributed by atoms with E-state index in [1.54, 1.807) is 11.9 Å². The van der Waals surface area contributed by atoms with Gasteiger partial charge in [0.1, 0.15) is 0 Å². The number of rotatable bonds is 2. The molecule has 1 saturated heterocycles. The number of amides is 1. The van der Waals surface area contributed by atoms with E-state index in [1.165, 1.54) is 0 Å². The first-order valence-corrected chi connectivity index (χ1v) is 4.85. The summed E-state index contributed by atoms with van der Waals surface area (Å²) in [6, 6.07) is 0.205. The first-order valence-electron chi connectivity index (χ1n) is 4.85. The fourth-order valence-corrected chi connectivity index (χ4v) is 1.85. The van der Waals surface area contributed by atoms with Gasteiger partial charge in [-0.1, -0.05) is 0 Å². The van der Waals surface area contributed by atoms with Crippen molar-refractivity contribution in [3.05, 3.63) is 0 Å². The molecule has 5 heteroatoms. The number of carbonyl (C=O) groups is 1. The van der Waals surface area contributed by atoms with Crippen molar-refractivity contribution in [3.8, 4) is 0 Å². The van der Waals surface area contributed by atoms with Crippen LogP contribution in [-0.4, -0.2) is 42.9 Å². The molecule has 1 N–H and O–H groups in total. The van der Waals surface area contributed by atoms with Gasteiger partial charge in [-0.15, -0.1) is 0 Å². The van der Waals surface area contributed by atoms with E-state index in [2.05, 4.69) is 5.32 Å². The molecule has 2 rings (SSSR count). The molecule has 0 atom stereocenters. The molecule has 0 bridgehead atoms. The van der Waals surface area contributed by atoms with Crippen LogP contribution in [0.1, 0.15) is 12.8 Å². The van der Waals surface area contributed by atoms with Gasteiger partial charge in [0.2, 0.25) is 11.8 Å². The molecule has 2 fully saturated rings. The summed E-state index contributed by atoms with van der Waals surface area (Å²) in [7, 11) is 1.70. The number of hydrogen-bond donors (Lipinski definition) is 1. The molecule has 1 saturated carbocycles. The number of alkyl halides is 2. The van der Waals surface area contributed by atoms with Crippen LogP contribution in [0.3, 0.4) is 0 Å². The zero-order chi connectivity index (χ0) is 10.3. The van der Waals surface area contributed by atoms with Crippen molar-refractivity contribution in [2.24, 2.45) is 5.92 Å². The first kappa shape index (κ1) is 9.83. The van der Waals surface area contributed by atoms with Gasteiger partial charge in [-0.05, 0) is 0 Å². The SMILES string of the molecule is CN(C(=O)C1CC(F)(F)C1)C1CNC1. The van der Waals surface area contributed by atoms with E-state index in [-0.39, 0.29) is 24.8 Å². The van der Waals surface area contributed by atoms with Gasteiger partial charge in [-0.2, -0.15) is 0 Å². The maximum atomic E-state index is 12.5. The lowest BCUT2D eigenvalue weighted by atomic mass is 9.80. The van der Waals surface area contributed by atoms with Crippen LogP contribution in [0, 0.1) is 5.92 Å². The fourth-order valence-electron chi connectivity index (χ4n) is 1.85. The highest BCUT2D eigenvalue weighted by Crippen LogP contribution is 2.43. The van der Waals surface area contributed by atoms with E-state index in [0.29, 0.717) is 0 Å². The summed E-state index contributed by atoms with van der Waals surface area (Å²) in [4.78, 5) is 13.2. The molecule has 1 aliphatic carbocycles. The highest BCUT2D eigenvalue weighted by atomic mass is 19.3. The zero-order valence-corrected chi connectivity index (χ0v) is 8.09. The monoisotopic (exact) mass is 204 g/mol. The van der Waals surface area contributed by atoms with E-state index >= 15 is 0 Å². The maximum absolute atomic E-state index is 12.5. The number of nitrogens with zero attached hydrogens (tertiary/aromatic N) is 1. The second-order valence-electron chi connectivity index (χ2n) is 4.22. The molecule has 1 amide bonds. The molecule has 3 nitrogen and oxygen atoms in total. The van der Waals surface area contributed by atoms with Crippen molar-refractivity contribution < 1.29 is 13.6 Å². The van der Waals surface area contributed by atoms with Crippen LogP contribution < -0.4 is 5.32 Å². The van der Waals surface area contributed by atoms with Gasteiger partial charge in [-0.3, -0.25) is 4.79 Å². The molecule has 0 aromatic carbocycles. The standard InChI is InChI=1S/C9H14F2N2O/c1-13(7-4-12-5-7)8(14)6-2-9(10,11)3-6/h6-7,12H,2-5H2,1H3. The van der Waals surface area contributed by atoms with Gasteiger partial charge in [0.25, 0.3) is 0 Å². The molecule has 1 aliphatic heterocycles. The van der Waals surface area contributed by atoms with Crippen molar-refractivity contribution in [2.45, 2.75) is 24.8 Å². The number of likely N-dealkylation sites (N-methyl/N-ethyl adjacent to an activating group) is 1. The zero-order valence-electron chi connectivity index (χ0n) is 8.09. The third-order valence-corrected chi connectivity index (χ3v) is 3.09. The van der Waals surface area contributed by atoms with Crippen LogP contribution in [0.15, 0.2) is 0 Å². The predicted molar refractivity (Wildman–Crippen MR) is 47.1 cm³/mol. The summed E-state index contributed by atoms with van der Waals surface area (Å²) < 4.78 is 25.1. The van der Waals surface area contributed by atoms with Gasteiger partial charge in [0.15, 0.2) is 0 Å². The Balaban J connectivity index is 1.84. The Labute approximate surface area is 81.4 Å². The second kappa shape index (κ2) is 3.15. The van der Waals surface area contributed by atoms with Crippen molar-refractivity contribution in [2.75, 3.05) is 20.1 Å². The molecule has 0 unspecified atom stereocenters. The Kier molecular flexibility index (Phi) is 2.21. The van der Waals surface area contributed by atoms with Crippen molar-refractivity contribution in [1.29, 1.82) is 0 Å². The predicted octanol–water partition coefficient (Wildman–Crippen LogP) is 0.462. The van der Waals surface area contributed by atoms with Crippen LogP contribution in [0.2, 0.25) is 0 Å². The molecular formula is C9H14F2N2O. The van der Waals surface area contributed by atoms with Crippen LogP contribution >= 0.6 is 0 Å². The molecule has 14 heavy (non-hydrogen) atoms. The molecule has 80 valence electrons. The quantitative estimate of drug-likeness (QED) is 0.708. The Bertz CT molecular complexity index is 245. The Hall–Kier alpha value is -0.710. The minimum atomic E-state index is -2.60. The summed E-state index contributed by atoms with van der Waals surface area (Å²) >= 11 is 0. The van der Waals surface area contributed by atoms with E-state index in [4.69, 9.17) is 0 Å². The van der Waals surface area contributed by atoms with Crippen LogP contribution in [0.5, 0.6) is 0 Å². The average molecular weight is 204 g/mol. The van der Waals surface area contributed by atoms with E-state index < -0.39 is 11.8 Å². The van der Waals surface area contributed by atoms with Crippen molar-refractivity contribution in [1.82, 2.24) is 10.2 Å². The molecule has 0 aromatic heterocycles. The van der Waals surface area contributed by atoms with Crippen LogP contribution in [0.25, 0.3) is 0 Å². The average Bonchev–Trinajstić information content (AvgIpc) is 1.95. The van der Waals surface area contributed by atoms with Gasteiger partial charge >= 0.3 is 0 Å². The summed E-state index contributed by atoms with van der Waals surface area (Å²) in [5.74, 6) is -3.17. The van der Waals surface area contributed by atoms with E-state index in [9.17, 15) is 13.6 Å². The van der Waals surface area contributed by atoms with Gasteiger partial charge in [0.05, 0.1) is 6.04 Å². The summed E-state index contributed by atoms with van der Waals surface area (Å²) in [5.41, 5.74) is 0. The largest absolute Gasteiger partial charge is 0.340 e. The Morgan fingerprint density at radius 1 is 1.43 bits per heavy atom. The fraction of sp³-hybridized carbons (Fsp3) is 0.889. The van der Waals surface area contributed by atoms with Crippen molar-refractivity contribution >= 4 is 5.91 Å². The van der Waals surface area contributed by atoms with E-state index in [1.807, 2.05) is 0 Å². The molecule has 0 spiro atoms. The minimum absolute atomic E-state index is 0.123. The molecule has 0 aromatic rings. The Morgan fingerprint density at radius 3 is 2.36 bits per heavy atom. The van der Waals surface area contributed by atoms with Gasteiger partial charge in [-0.25, -0.2) is 8.78 Å². The number of halogens is 2. The molecule has 0 radical (unpaired) electrons. The molecule has 2 aliphatic rings. The highest BCUT2D eigenvalue weighted by Gasteiger charge is 2.50. The number of carbonyl (C=O) groups excluding carboxylic acids is 1. The third kappa shape index (κ3) is 1.61. The lowest BCUT2D eigenvalue weighted by Gasteiger charge is -2.41. The Morgan fingerprint density at radius 2 is 2.00 bits per heavy atom. The van der Waals surface area contributed by atoms with Crippen LogP contribution in [0.4, 0.5) is 8.78 Å². The van der Waals surface area contributed by atoms with Gasteiger partial charge < -0.3 is 10.2 Å². The first-order chi connectivity index (χ1) is 6.49. The summed E-state index contributed by atoms with van der Waals surface area (Å²) in [5, 5.41) is 3.05. The van der Waals surface area contributed by atoms with Crippen LogP contribution in [-0.2, 0) is 4.79 Å². The lowest BCUT2D eigenvalue weighted by Crippen LogP contribution is -2.59. The number of hydrogen-bond acceptors (Lipinski definition) is 2. The lowest BCUT2D eigenvalue weighted by molar-refractivity contribution is -0.161. The third-order valence-electron chi connectivity index (χ3n) is 3.09. The highest BCUT2D eigenvalue weighted by molar-refractivity contribution is 5.80. The van der Waals surface area contributed by atoms with E-state index in [0.717, 1.165) is 13.1 Å². The summed E-state index contributed by atoms with van der Waals surface area (Å²) in [6.07, 6.45) is -0.535. The van der Waals surface area contributed by atoms with Crippen molar-refractivity contribution in [3.63, 3.8) is 0 Å². The summed E-state index contributed by atoms with van der Waals surface area (Å²) in [6.45, 7) is 1.57. The second-order valence-corrected chi connectivity index (χ2v) is 4.22. The topological polar surface area (TPSA) is 32.3 Å². The smallest absolute Gasteiger partial charge is 0.249 e. The minimum Gasteiger partial charge on any atom is -0.340 e. The maximum Gasteiger partial charge on any atom is 0.249 e. The van der Waals surface area contributed by atoms with Gasteiger partial charge in [0, 0.05) is 38.9 Å².